The molecule has 2 unspecified atom stereocenters. The molecule has 0 bridgehead atoms. The highest BCUT2D eigenvalue weighted by atomic mass is 16.5. The van der Waals surface area contributed by atoms with Crippen LogP contribution in [-0.2, 0) is 4.74 Å². The molecule has 2 fully saturated rings. The van der Waals surface area contributed by atoms with Crippen LogP contribution in [0.25, 0.3) is 0 Å². The first kappa shape index (κ1) is 14.1. The summed E-state index contributed by atoms with van der Waals surface area (Å²) in [6, 6.07) is 9.59. The zero-order valence-corrected chi connectivity index (χ0v) is 12.6. The SMILES string of the molecule is CCCNC(c1ccccc1C1CCC1)C1CCOC1. The van der Waals surface area contributed by atoms with Crippen LogP contribution in [0.3, 0.4) is 0 Å². The van der Waals surface area contributed by atoms with Gasteiger partial charge in [0.05, 0.1) is 6.61 Å². The lowest BCUT2D eigenvalue weighted by molar-refractivity contribution is 0.176. The first-order valence-electron chi connectivity index (χ1n) is 8.30. The average molecular weight is 273 g/mol. The minimum absolute atomic E-state index is 0.481. The Hall–Kier alpha value is -0.860. The molecule has 110 valence electrons. The lowest BCUT2D eigenvalue weighted by atomic mass is 9.75. The van der Waals surface area contributed by atoms with Crippen molar-refractivity contribution >= 4 is 0 Å². The van der Waals surface area contributed by atoms with Gasteiger partial charge in [-0.05, 0) is 49.3 Å². The van der Waals surface area contributed by atoms with Crippen LogP contribution >= 0.6 is 0 Å². The zero-order valence-electron chi connectivity index (χ0n) is 12.6. The third-order valence-corrected chi connectivity index (χ3v) is 4.93. The van der Waals surface area contributed by atoms with Crippen LogP contribution in [0, 0.1) is 5.92 Å². The van der Waals surface area contributed by atoms with Gasteiger partial charge < -0.3 is 10.1 Å². The van der Waals surface area contributed by atoms with E-state index in [1.54, 1.807) is 11.1 Å². The fourth-order valence-electron chi connectivity index (χ4n) is 3.53. The molecule has 1 aromatic rings. The third kappa shape index (κ3) is 2.91. The van der Waals surface area contributed by atoms with Crippen molar-refractivity contribution in [3.05, 3.63) is 35.4 Å². The van der Waals surface area contributed by atoms with E-state index in [1.807, 2.05) is 0 Å². The maximum Gasteiger partial charge on any atom is 0.0513 e. The van der Waals surface area contributed by atoms with Crippen LogP contribution in [0.4, 0.5) is 0 Å². The molecule has 2 atom stereocenters. The fraction of sp³-hybridized carbons (Fsp3) is 0.667. The van der Waals surface area contributed by atoms with Gasteiger partial charge in [0.15, 0.2) is 0 Å². The maximum atomic E-state index is 5.64. The molecule has 1 aromatic carbocycles. The highest BCUT2D eigenvalue weighted by Crippen LogP contribution is 2.41. The van der Waals surface area contributed by atoms with Gasteiger partial charge in [0.25, 0.3) is 0 Å². The van der Waals surface area contributed by atoms with Gasteiger partial charge in [0.2, 0.25) is 0 Å². The number of hydrogen-bond acceptors (Lipinski definition) is 2. The zero-order chi connectivity index (χ0) is 13.8. The van der Waals surface area contributed by atoms with Crippen molar-refractivity contribution in [1.29, 1.82) is 0 Å². The second-order valence-corrected chi connectivity index (χ2v) is 6.31. The van der Waals surface area contributed by atoms with E-state index in [0.29, 0.717) is 12.0 Å². The monoisotopic (exact) mass is 273 g/mol. The van der Waals surface area contributed by atoms with Crippen molar-refractivity contribution in [2.24, 2.45) is 5.92 Å². The van der Waals surface area contributed by atoms with Crippen molar-refractivity contribution in [3.63, 3.8) is 0 Å². The number of rotatable bonds is 6. The van der Waals surface area contributed by atoms with E-state index in [9.17, 15) is 0 Å². The van der Waals surface area contributed by atoms with Gasteiger partial charge >= 0.3 is 0 Å². The van der Waals surface area contributed by atoms with Crippen LogP contribution in [0.15, 0.2) is 24.3 Å². The van der Waals surface area contributed by atoms with Crippen molar-refractivity contribution in [2.45, 2.75) is 51.0 Å². The Balaban J connectivity index is 1.85. The number of ether oxygens (including phenoxy) is 1. The molecule has 20 heavy (non-hydrogen) atoms. The van der Waals surface area contributed by atoms with Crippen LogP contribution in [-0.4, -0.2) is 19.8 Å². The standard InChI is InChI=1S/C18H27NO/c1-2-11-19-18(15-10-12-20-13-15)17-9-4-3-8-16(17)14-6-5-7-14/h3-4,8-9,14-15,18-19H,2,5-7,10-13H2,1H3. The molecule has 0 aromatic heterocycles. The molecule has 1 heterocycles. The molecule has 0 spiro atoms. The molecule has 2 aliphatic rings. The summed E-state index contributed by atoms with van der Waals surface area (Å²) in [6.07, 6.45) is 6.53. The van der Waals surface area contributed by atoms with Crippen LogP contribution in [0.1, 0.15) is 62.1 Å². The number of hydrogen-bond donors (Lipinski definition) is 1. The Kier molecular flexibility index (Phi) is 4.74. The van der Waals surface area contributed by atoms with E-state index >= 15 is 0 Å². The second kappa shape index (κ2) is 6.73. The molecule has 1 aliphatic carbocycles. The Morgan fingerprint density at radius 3 is 2.75 bits per heavy atom. The molecule has 0 radical (unpaired) electrons. The minimum atomic E-state index is 0.481. The largest absolute Gasteiger partial charge is 0.381 e. The Labute approximate surface area is 122 Å². The van der Waals surface area contributed by atoms with Crippen LogP contribution in [0.2, 0.25) is 0 Å². The van der Waals surface area contributed by atoms with Gasteiger partial charge in [0.1, 0.15) is 0 Å². The van der Waals surface area contributed by atoms with Crippen LogP contribution in [0.5, 0.6) is 0 Å². The summed E-state index contributed by atoms with van der Waals surface area (Å²) in [4.78, 5) is 0. The highest BCUT2D eigenvalue weighted by molar-refractivity contribution is 5.34. The van der Waals surface area contributed by atoms with Gasteiger partial charge in [-0.25, -0.2) is 0 Å². The molecule has 1 aliphatic heterocycles. The fourth-order valence-corrected chi connectivity index (χ4v) is 3.53. The highest BCUT2D eigenvalue weighted by Gasteiger charge is 2.30. The maximum absolute atomic E-state index is 5.64. The summed E-state index contributed by atoms with van der Waals surface area (Å²) < 4.78 is 5.64. The van der Waals surface area contributed by atoms with Crippen molar-refractivity contribution < 1.29 is 4.74 Å². The predicted molar refractivity (Wildman–Crippen MR) is 83.0 cm³/mol. The predicted octanol–water partition coefficient (Wildman–Crippen LogP) is 4.03. The summed E-state index contributed by atoms with van der Waals surface area (Å²) in [7, 11) is 0. The molecule has 3 rings (SSSR count). The summed E-state index contributed by atoms with van der Waals surface area (Å²) in [5, 5.41) is 3.79. The molecule has 1 N–H and O–H groups in total. The summed E-state index contributed by atoms with van der Waals surface area (Å²) >= 11 is 0. The molecule has 1 saturated carbocycles. The smallest absolute Gasteiger partial charge is 0.0513 e. The second-order valence-electron chi connectivity index (χ2n) is 6.31. The summed E-state index contributed by atoms with van der Waals surface area (Å²) in [5.41, 5.74) is 3.14. The number of benzene rings is 1. The van der Waals surface area contributed by atoms with Gasteiger partial charge in [-0.2, -0.15) is 0 Å². The molecule has 1 saturated heterocycles. The van der Waals surface area contributed by atoms with Crippen molar-refractivity contribution in [3.8, 4) is 0 Å². The quantitative estimate of drug-likeness (QED) is 0.845. The molecule has 2 nitrogen and oxygen atoms in total. The summed E-state index contributed by atoms with van der Waals surface area (Å²) in [6.45, 7) is 5.19. The van der Waals surface area contributed by atoms with E-state index in [0.717, 1.165) is 25.7 Å². The Morgan fingerprint density at radius 1 is 1.25 bits per heavy atom. The number of nitrogens with one attached hydrogen (secondary N) is 1. The molecular weight excluding hydrogens is 246 g/mol. The normalized spacial score (nSPS) is 24.6. The van der Waals surface area contributed by atoms with Gasteiger partial charge in [-0.15, -0.1) is 0 Å². The molecule has 2 heteroatoms. The first-order chi connectivity index (χ1) is 9.90. The van der Waals surface area contributed by atoms with E-state index in [-0.39, 0.29) is 0 Å². The van der Waals surface area contributed by atoms with E-state index in [1.165, 1.54) is 32.1 Å². The van der Waals surface area contributed by atoms with E-state index < -0.39 is 0 Å². The van der Waals surface area contributed by atoms with Crippen molar-refractivity contribution in [2.75, 3.05) is 19.8 Å². The molecular formula is C18H27NO. The third-order valence-electron chi connectivity index (χ3n) is 4.93. The first-order valence-corrected chi connectivity index (χ1v) is 8.30. The lowest BCUT2D eigenvalue weighted by Gasteiger charge is -2.32. The Bertz CT molecular complexity index is 421. The van der Waals surface area contributed by atoms with Gasteiger partial charge in [0, 0.05) is 18.6 Å². The average Bonchev–Trinajstić information content (AvgIpc) is 2.93. The van der Waals surface area contributed by atoms with E-state index in [4.69, 9.17) is 4.74 Å². The lowest BCUT2D eigenvalue weighted by Crippen LogP contribution is -2.31. The minimum Gasteiger partial charge on any atom is -0.381 e. The van der Waals surface area contributed by atoms with Crippen LogP contribution < -0.4 is 5.32 Å². The van der Waals surface area contributed by atoms with Gasteiger partial charge in [-0.3, -0.25) is 0 Å². The molecule has 0 amide bonds. The van der Waals surface area contributed by atoms with Gasteiger partial charge in [-0.1, -0.05) is 37.6 Å². The van der Waals surface area contributed by atoms with Crippen molar-refractivity contribution in [1.82, 2.24) is 5.32 Å². The summed E-state index contributed by atoms with van der Waals surface area (Å²) in [5.74, 6) is 1.45. The van der Waals surface area contributed by atoms with E-state index in [2.05, 4.69) is 36.5 Å². The Morgan fingerprint density at radius 2 is 2.10 bits per heavy atom. The topological polar surface area (TPSA) is 21.3 Å².